The van der Waals surface area contributed by atoms with Gasteiger partial charge in [0.25, 0.3) is 0 Å². The molecule has 1 amide bonds. The molecular formula is C13H13NO2. The number of carbonyl (C=O) groups is 1. The van der Waals surface area contributed by atoms with Crippen LogP contribution in [0.25, 0.3) is 0 Å². The fraction of sp³-hybridized carbons (Fsp3) is 0.462. The lowest BCUT2D eigenvalue weighted by Gasteiger charge is -2.60. The molecule has 16 heavy (non-hydrogen) atoms. The minimum Gasteiger partial charge on any atom is -0.369 e. The average Bonchev–Trinajstić information content (AvgIpc) is 2.29. The fourth-order valence-electron chi connectivity index (χ4n) is 3.62. The van der Waals surface area contributed by atoms with Crippen molar-refractivity contribution in [2.45, 2.75) is 18.4 Å². The van der Waals surface area contributed by atoms with Crippen LogP contribution in [-0.4, -0.2) is 12.5 Å². The quantitative estimate of drug-likeness (QED) is 0.717. The van der Waals surface area contributed by atoms with Crippen LogP contribution in [0.15, 0.2) is 24.3 Å². The van der Waals surface area contributed by atoms with Gasteiger partial charge in [-0.2, -0.15) is 0 Å². The van der Waals surface area contributed by atoms with Crippen molar-refractivity contribution in [2.75, 3.05) is 11.9 Å². The molecule has 3 aliphatic rings. The van der Waals surface area contributed by atoms with E-state index in [-0.39, 0.29) is 17.4 Å². The van der Waals surface area contributed by atoms with Crippen molar-refractivity contribution in [3.05, 3.63) is 29.8 Å². The molecule has 0 radical (unpaired) electrons. The first-order valence-electron chi connectivity index (χ1n) is 5.86. The predicted molar refractivity (Wildman–Crippen MR) is 58.9 cm³/mol. The maximum atomic E-state index is 12.0. The number of benzene rings is 1. The number of ether oxygens (including phenoxy) is 1. The molecule has 3 atom stereocenters. The number of hydrogen-bond acceptors (Lipinski definition) is 2. The van der Waals surface area contributed by atoms with Crippen LogP contribution in [-0.2, 0) is 15.1 Å². The zero-order valence-corrected chi connectivity index (χ0v) is 8.90. The van der Waals surface area contributed by atoms with Crippen LogP contribution in [0.2, 0.25) is 0 Å². The molecule has 2 heterocycles. The van der Waals surface area contributed by atoms with E-state index in [0.717, 1.165) is 25.1 Å². The standard InChI is InChI=1S/C13H13NO2/c15-12-11-8-5-6-16-13(11,7-8)9-3-1-2-4-10(9)14-12/h1-4,8,11H,5-7H2,(H,14,15)/t8-,11?,13?/m0/s1. The Hall–Kier alpha value is -1.35. The molecule has 1 aromatic rings. The number of rotatable bonds is 0. The summed E-state index contributed by atoms with van der Waals surface area (Å²) in [7, 11) is 0. The highest BCUT2D eigenvalue weighted by atomic mass is 16.5. The lowest BCUT2D eigenvalue weighted by Crippen LogP contribution is -2.63. The molecule has 2 fully saturated rings. The van der Waals surface area contributed by atoms with E-state index in [1.54, 1.807) is 0 Å². The number of amides is 1. The van der Waals surface area contributed by atoms with Gasteiger partial charge in [0, 0.05) is 17.9 Å². The Bertz CT molecular complexity index is 481. The zero-order valence-electron chi connectivity index (χ0n) is 8.90. The van der Waals surface area contributed by atoms with Crippen LogP contribution in [0.3, 0.4) is 0 Å². The number of fused-ring (bicyclic) bond motifs is 3. The van der Waals surface area contributed by atoms with E-state index in [9.17, 15) is 4.79 Å². The number of anilines is 1. The molecule has 0 aromatic heterocycles. The first-order chi connectivity index (χ1) is 7.81. The van der Waals surface area contributed by atoms with Gasteiger partial charge in [-0.15, -0.1) is 0 Å². The first kappa shape index (κ1) is 8.76. The Morgan fingerprint density at radius 1 is 1.38 bits per heavy atom. The largest absolute Gasteiger partial charge is 0.369 e. The molecule has 1 spiro atoms. The van der Waals surface area contributed by atoms with E-state index >= 15 is 0 Å². The third kappa shape index (κ3) is 0.824. The van der Waals surface area contributed by atoms with Gasteiger partial charge in [0.2, 0.25) is 5.91 Å². The monoisotopic (exact) mass is 215 g/mol. The molecule has 1 N–H and O–H groups in total. The highest BCUT2D eigenvalue weighted by Gasteiger charge is 2.64. The zero-order chi connectivity index (χ0) is 10.8. The lowest BCUT2D eigenvalue weighted by atomic mass is 9.54. The summed E-state index contributed by atoms with van der Waals surface area (Å²) in [5, 5.41) is 3.00. The van der Waals surface area contributed by atoms with Crippen molar-refractivity contribution >= 4 is 11.6 Å². The van der Waals surface area contributed by atoms with Crippen molar-refractivity contribution in [1.82, 2.24) is 0 Å². The normalized spacial score (nSPS) is 39.1. The van der Waals surface area contributed by atoms with Crippen LogP contribution in [0, 0.1) is 11.8 Å². The Kier molecular flexibility index (Phi) is 1.46. The number of carbonyl (C=O) groups excluding carboxylic acids is 1. The van der Waals surface area contributed by atoms with Crippen LogP contribution in [0.1, 0.15) is 18.4 Å². The van der Waals surface area contributed by atoms with E-state index in [0.29, 0.717) is 5.92 Å². The summed E-state index contributed by atoms with van der Waals surface area (Å²) < 4.78 is 5.97. The molecule has 82 valence electrons. The lowest BCUT2D eigenvalue weighted by molar-refractivity contribution is -0.231. The summed E-state index contributed by atoms with van der Waals surface area (Å²) in [6.45, 7) is 0.794. The van der Waals surface area contributed by atoms with E-state index < -0.39 is 0 Å². The van der Waals surface area contributed by atoms with Crippen molar-refractivity contribution in [2.24, 2.45) is 11.8 Å². The Morgan fingerprint density at radius 2 is 2.25 bits per heavy atom. The molecule has 3 heteroatoms. The van der Waals surface area contributed by atoms with Gasteiger partial charge in [-0.25, -0.2) is 0 Å². The summed E-state index contributed by atoms with van der Waals surface area (Å²) in [5.41, 5.74) is 1.82. The third-order valence-corrected chi connectivity index (χ3v) is 4.31. The van der Waals surface area contributed by atoms with Gasteiger partial charge in [-0.05, 0) is 24.8 Å². The average molecular weight is 215 g/mol. The molecule has 3 nitrogen and oxygen atoms in total. The van der Waals surface area contributed by atoms with Crippen LogP contribution in [0.5, 0.6) is 0 Å². The maximum absolute atomic E-state index is 12.0. The molecule has 2 aliphatic heterocycles. The maximum Gasteiger partial charge on any atom is 0.231 e. The van der Waals surface area contributed by atoms with Gasteiger partial charge in [0.1, 0.15) is 5.60 Å². The van der Waals surface area contributed by atoms with Crippen LogP contribution < -0.4 is 5.32 Å². The van der Waals surface area contributed by atoms with Gasteiger partial charge in [-0.1, -0.05) is 18.2 Å². The second kappa shape index (κ2) is 2.66. The van der Waals surface area contributed by atoms with Gasteiger partial charge in [0.15, 0.2) is 0 Å². The summed E-state index contributed by atoms with van der Waals surface area (Å²) >= 11 is 0. The van der Waals surface area contributed by atoms with E-state index in [1.807, 2.05) is 18.2 Å². The highest BCUT2D eigenvalue weighted by molar-refractivity contribution is 5.98. The summed E-state index contributed by atoms with van der Waals surface area (Å²) in [4.78, 5) is 12.0. The predicted octanol–water partition coefficient (Wildman–Crippen LogP) is 1.89. The number of para-hydroxylation sites is 1. The molecule has 1 aliphatic carbocycles. The van der Waals surface area contributed by atoms with Crippen LogP contribution in [0.4, 0.5) is 5.69 Å². The minimum absolute atomic E-state index is 0.0520. The summed E-state index contributed by atoms with van der Waals surface area (Å²) in [6.07, 6.45) is 2.05. The van der Waals surface area contributed by atoms with E-state index in [4.69, 9.17) is 4.74 Å². The SMILES string of the molecule is O=C1Nc2ccccc2C23C[C@H](CCO2)C13. The Morgan fingerprint density at radius 3 is 3.12 bits per heavy atom. The minimum atomic E-state index is -0.290. The molecule has 1 saturated carbocycles. The summed E-state index contributed by atoms with van der Waals surface area (Å²) in [5.74, 6) is 0.730. The van der Waals surface area contributed by atoms with Crippen molar-refractivity contribution in [1.29, 1.82) is 0 Å². The van der Waals surface area contributed by atoms with Gasteiger partial charge in [0.05, 0.1) is 5.92 Å². The second-order valence-corrected chi connectivity index (χ2v) is 5.00. The molecule has 2 bridgehead atoms. The van der Waals surface area contributed by atoms with E-state index in [2.05, 4.69) is 11.4 Å². The van der Waals surface area contributed by atoms with Crippen molar-refractivity contribution < 1.29 is 9.53 Å². The second-order valence-electron chi connectivity index (χ2n) is 5.00. The highest BCUT2D eigenvalue weighted by Crippen LogP contribution is 2.61. The summed E-state index contributed by atoms with van der Waals surface area (Å²) in [6, 6.07) is 8.02. The molecule has 1 aromatic carbocycles. The number of nitrogens with one attached hydrogen (secondary N) is 1. The molecule has 1 saturated heterocycles. The van der Waals surface area contributed by atoms with Crippen LogP contribution >= 0.6 is 0 Å². The molecule has 4 rings (SSSR count). The van der Waals surface area contributed by atoms with Gasteiger partial charge >= 0.3 is 0 Å². The van der Waals surface area contributed by atoms with Gasteiger partial charge in [-0.3, -0.25) is 4.79 Å². The molecule has 2 unspecified atom stereocenters. The van der Waals surface area contributed by atoms with Gasteiger partial charge < -0.3 is 10.1 Å². The van der Waals surface area contributed by atoms with Crippen molar-refractivity contribution in [3.8, 4) is 0 Å². The molecular weight excluding hydrogens is 202 g/mol. The number of hydrogen-bond donors (Lipinski definition) is 1. The Balaban J connectivity index is 1.93. The Labute approximate surface area is 93.8 Å². The smallest absolute Gasteiger partial charge is 0.231 e. The van der Waals surface area contributed by atoms with Crippen molar-refractivity contribution in [3.63, 3.8) is 0 Å². The first-order valence-corrected chi connectivity index (χ1v) is 5.86. The fourth-order valence-corrected chi connectivity index (χ4v) is 3.62. The topological polar surface area (TPSA) is 38.3 Å². The van der Waals surface area contributed by atoms with E-state index in [1.165, 1.54) is 5.56 Å². The third-order valence-electron chi connectivity index (χ3n) is 4.31.